The van der Waals surface area contributed by atoms with Gasteiger partial charge >= 0.3 is 7.82 Å². The Bertz CT molecular complexity index is 588. The van der Waals surface area contributed by atoms with Crippen molar-refractivity contribution >= 4 is 13.7 Å². The van der Waals surface area contributed by atoms with Gasteiger partial charge in [-0.15, -0.1) is 5.10 Å². The Kier molecular flexibility index (Phi) is 4.92. The topological polar surface area (TPSA) is 179 Å². The largest absolute Gasteiger partial charge is 0.470 e. The number of aliphatic hydroxyl groups is 1. The highest BCUT2D eigenvalue weighted by atomic mass is 31.2. The summed E-state index contributed by atoms with van der Waals surface area (Å²) < 4.78 is 26.8. The molecule has 0 spiro atoms. The smallest absolute Gasteiger partial charge is 0.387 e. The van der Waals surface area contributed by atoms with E-state index in [1.807, 2.05) is 0 Å². The van der Waals surface area contributed by atoms with Crippen molar-refractivity contribution in [1.82, 2.24) is 14.8 Å². The lowest BCUT2D eigenvalue weighted by Crippen LogP contribution is -2.35. The first-order valence-electron chi connectivity index (χ1n) is 6.00. The first kappa shape index (κ1) is 17.0. The molecule has 5 N–H and O–H groups in total. The number of nitrogens with zero attached hydrogens (tertiary/aromatic N) is 3. The molecule has 1 saturated heterocycles. The summed E-state index contributed by atoms with van der Waals surface area (Å²) in [5.41, 5.74) is 5.02. The van der Waals surface area contributed by atoms with Crippen molar-refractivity contribution < 1.29 is 38.3 Å². The molecule has 13 heteroatoms. The summed E-state index contributed by atoms with van der Waals surface area (Å²) in [6.07, 6.45) is -3.89. The minimum Gasteiger partial charge on any atom is -0.387 e. The van der Waals surface area contributed by atoms with Gasteiger partial charge in [-0.3, -0.25) is 9.32 Å². The molecule has 0 unspecified atom stereocenters. The van der Waals surface area contributed by atoms with Crippen LogP contribution in [0.1, 0.15) is 16.8 Å². The van der Waals surface area contributed by atoms with Crippen molar-refractivity contribution in [3.8, 4) is 0 Å². The maximum atomic E-state index is 11.0. The number of primary amides is 1. The van der Waals surface area contributed by atoms with Crippen LogP contribution in [0.4, 0.5) is 0 Å². The van der Waals surface area contributed by atoms with Crippen molar-refractivity contribution in [2.45, 2.75) is 24.5 Å². The molecule has 1 amide bonds. The summed E-state index contributed by atoms with van der Waals surface area (Å²) in [5.74, 6) is -1.21. The van der Waals surface area contributed by atoms with Crippen LogP contribution in [-0.4, -0.2) is 67.6 Å². The summed E-state index contributed by atoms with van der Waals surface area (Å²) >= 11 is 0. The van der Waals surface area contributed by atoms with Gasteiger partial charge in [-0.05, 0) is 0 Å². The van der Waals surface area contributed by atoms with Gasteiger partial charge < -0.3 is 30.1 Å². The monoisotopic (exact) mass is 338 g/mol. The van der Waals surface area contributed by atoms with E-state index in [1.165, 1.54) is 7.11 Å². The highest BCUT2D eigenvalue weighted by Gasteiger charge is 2.48. The Labute approximate surface area is 124 Å². The number of aromatic nitrogens is 3. The van der Waals surface area contributed by atoms with E-state index in [0.717, 1.165) is 11.0 Å². The SMILES string of the molecule is COC[C@H]1O[C@@H](n2cnc(C(N)=O)n2)[C@H](OP(=O)(O)O)[C@@H]1O. The first-order chi connectivity index (χ1) is 10.2. The van der Waals surface area contributed by atoms with Gasteiger partial charge in [0.25, 0.3) is 5.91 Å². The number of nitrogens with two attached hydrogens (primary N) is 1. The molecule has 0 radical (unpaired) electrons. The van der Waals surface area contributed by atoms with E-state index in [9.17, 15) is 14.5 Å². The minimum absolute atomic E-state index is 0.0456. The molecule has 0 aromatic carbocycles. The lowest BCUT2D eigenvalue weighted by molar-refractivity contribution is -0.0642. The van der Waals surface area contributed by atoms with Crippen LogP contribution in [0.15, 0.2) is 6.33 Å². The molecule has 0 saturated carbocycles. The van der Waals surface area contributed by atoms with Crippen molar-refractivity contribution in [1.29, 1.82) is 0 Å². The first-order valence-corrected chi connectivity index (χ1v) is 7.53. The summed E-state index contributed by atoms with van der Waals surface area (Å²) in [4.78, 5) is 32.5. The molecule has 2 rings (SSSR count). The number of aliphatic hydroxyl groups excluding tert-OH is 1. The molecular formula is C9H15N4O8P. The molecule has 2 heterocycles. The molecular weight excluding hydrogens is 323 g/mol. The van der Waals surface area contributed by atoms with Crippen LogP contribution in [-0.2, 0) is 18.6 Å². The van der Waals surface area contributed by atoms with Gasteiger partial charge in [0.15, 0.2) is 6.23 Å². The Morgan fingerprint density at radius 3 is 2.77 bits per heavy atom. The predicted octanol–water partition coefficient (Wildman–Crippen LogP) is -2.24. The number of methoxy groups -OCH3 is 1. The average Bonchev–Trinajstić information content (AvgIpc) is 2.98. The predicted molar refractivity (Wildman–Crippen MR) is 67.2 cm³/mol. The molecule has 1 aliphatic rings. The summed E-state index contributed by atoms with van der Waals surface area (Å²) in [5, 5.41) is 13.8. The Hall–Kier alpha value is -1.40. The van der Waals surface area contributed by atoms with Gasteiger partial charge in [-0.2, -0.15) is 0 Å². The third-order valence-corrected chi connectivity index (χ3v) is 3.41. The normalized spacial score (nSPS) is 28.9. The third kappa shape index (κ3) is 3.67. The van der Waals surface area contributed by atoms with Crippen molar-refractivity contribution in [3.63, 3.8) is 0 Å². The standard InChI is InChI=1S/C9H15N4O8P/c1-19-2-4-5(14)6(21-22(16,17)18)9(20-4)13-3-11-8(12-13)7(10)15/h3-6,9,14H,2H2,1H3,(H2,10,15)(H2,16,17,18)/t4-,5-,6-,9-/m1/s1. The maximum absolute atomic E-state index is 11.0. The fourth-order valence-electron chi connectivity index (χ4n) is 2.02. The number of phosphoric ester groups is 1. The van der Waals surface area contributed by atoms with Gasteiger partial charge in [0, 0.05) is 7.11 Å². The Balaban J connectivity index is 2.28. The number of rotatable bonds is 6. The van der Waals surface area contributed by atoms with E-state index in [0.29, 0.717) is 0 Å². The highest BCUT2D eigenvalue weighted by Crippen LogP contribution is 2.44. The zero-order valence-corrected chi connectivity index (χ0v) is 12.2. The second kappa shape index (κ2) is 6.38. The molecule has 1 aromatic rings. The number of amides is 1. The average molecular weight is 338 g/mol. The Morgan fingerprint density at radius 1 is 1.59 bits per heavy atom. The number of ether oxygens (including phenoxy) is 2. The molecule has 4 atom stereocenters. The van der Waals surface area contributed by atoms with E-state index in [2.05, 4.69) is 14.6 Å². The molecule has 0 aliphatic carbocycles. The lowest BCUT2D eigenvalue weighted by Gasteiger charge is -2.20. The molecule has 0 bridgehead atoms. The quantitative estimate of drug-likeness (QED) is 0.414. The molecule has 22 heavy (non-hydrogen) atoms. The van der Waals surface area contributed by atoms with Crippen LogP contribution in [0, 0.1) is 0 Å². The van der Waals surface area contributed by atoms with Gasteiger partial charge in [0.1, 0.15) is 24.6 Å². The third-order valence-electron chi connectivity index (χ3n) is 2.89. The fourth-order valence-corrected chi connectivity index (χ4v) is 2.56. The lowest BCUT2D eigenvalue weighted by atomic mass is 10.1. The molecule has 1 aromatic heterocycles. The number of carbonyl (C=O) groups excluding carboxylic acids is 1. The van der Waals surface area contributed by atoms with Crippen LogP contribution >= 0.6 is 7.82 Å². The van der Waals surface area contributed by atoms with Gasteiger partial charge in [0.2, 0.25) is 5.82 Å². The van der Waals surface area contributed by atoms with Gasteiger partial charge in [0.05, 0.1) is 6.61 Å². The zero-order chi connectivity index (χ0) is 16.5. The summed E-state index contributed by atoms with van der Waals surface area (Å²) in [6, 6.07) is 0. The van der Waals surface area contributed by atoms with Gasteiger partial charge in [-0.1, -0.05) is 0 Å². The summed E-state index contributed by atoms with van der Waals surface area (Å²) in [7, 11) is -3.54. The Morgan fingerprint density at radius 2 is 2.27 bits per heavy atom. The van der Waals surface area contributed by atoms with E-state index in [-0.39, 0.29) is 12.4 Å². The molecule has 1 aliphatic heterocycles. The molecule has 1 fully saturated rings. The highest BCUT2D eigenvalue weighted by molar-refractivity contribution is 7.46. The summed E-state index contributed by atoms with van der Waals surface area (Å²) in [6.45, 7) is -0.0456. The van der Waals surface area contributed by atoms with Crippen LogP contribution in [0.25, 0.3) is 0 Å². The van der Waals surface area contributed by atoms with E-state index in [4.69, 9.17) is 25.0 Å². The van der Waals surface area contributed by atoms with E-state index < -0.39 is 38.3 Å². The fraction of sp³-hybridized carbons (Fsp3) is 0.667. The van der Waals surface area contributed by atoms with Gasteiger partial charge in [-0.25, -0.2) is 14.2 Å². The number of hydrogen-bond acceptors (Lipinski definition) is 8. The van der Waals surface area contributed by atoms with Crippen molar-refractivity contribution in [3.05, 3.63) is 12.2 Å². The molecule has 12 nitrogen and oxygen atoms in total. The number of carbonyl (C=O) groups is 1. The maximum Gasteiger partial charge on any atom is 0.470 e. The van der Waals surface area contributed by atoms with Crippen molar-refractivity contribution in [2.24, 2.45) is 5.73 Å². The second-order valence-electron chi connectivity index (χ2n) is 4.48. The van der Waals surface area contributed by atoms with Crippen molar-refractivity contribution in [2.75, 3.05) is 13.7 Å². The number of hydrogen-bond donors (Lipinski definition) is 4. The van der Waals surface area contributed by atoms with E-state index in [1.54, 1.807) is 0 Å². The van der Waals surface area contributed by atoms with E-state index >= 15 is 0 Å². The second-order valence-corrected chi connectivity index (χ2v) is 5.68. The molecule has 124 valence electrons. The zero-order valence-electron chi connectivity index (χ0n) is 11.3. The minimum atomic E-state index is -4.90. The van der Waals surface area contributed by atoms with Crippen LogP contribution in [0.3, 0.4) is 0 Å². The van der Waals surface area contributed by atoms with Crippen LogP contribution < -0.4 is 5.73 Å². The number of phosphoric acid groups is 1. The van der Waals surface area contributed by atoms with Crippen LogP contribution in [0.5, 0.6) is 0 Å². The van der Waals surface area contributed by atoms with Crippen LogP contribution in [0.2, 0.25) is 0 Å².